The molecule has 0 bridgehead atoms. The number of hydrogen-bond acceptors (Lipinski definition) is 4. The van der Waals surface area contributed by atoms with Crippen LogP contribution in [0.2, 0.25) is 0 Å². The summed E-state index contributed by atoms with van der Waals surface area (Å²) in [5.41, 5.74) is 6.34. The van der Waals surface area contributed by atoms with Crippen molar-refractivity contribution in [2.24, 2.45) is 11.7 Å². The van der Waals surface area contributed by atoms with Gasteiger partial charge in [-0.15, -0.1) is 5.10 Å². The predicted octanol–water partition coefficient (Wildman–Crippen LogP) is -0.264. The molecule has 0 saturated carbocycles. The molecule has 5 nitrogen and oxygen atoms in total. The molecule has 1 aromatic rings. The first-order chi connectivity index (χ1) is 6.88. The lowest BCUT2D eigenvalue weighted by Crippen LogP contribution is -2.32. The second-order valence-corrected chi connectivity index (χ2v) is 3.85. The van der Waals surface area contributed by atoms with Crippen molar-refractivity contribution in [2.75, 3.05) is 13.1 Å². The highest BCUT2D eigenvalue weighted by atomic mass is 15.4. The number of hydrogen-bond donors (Lipinski definition) is 2. The molecule has 1 fully saturated rings. The molecule has 1 aliphatic rings. The van der Waals surface area contributed by atoms with Gasteiger partial charge < -0.3 is 11.1 Å². The van der Waals surface area contributed by atoms with Crippen LogP contribution in [0.4, 0.5) is 0 Å². The normalized spacial score (nSPS) is 22.5. The van der Waals surface area contributed by atoms with E-state index in [1.165, 1.54) is 12.8 Å². The molecular formula is C9H17N5. The second kappa shape index (κ2) is 4.52. The van der Waals surface area contributed by atoms with Gasteiger partial charge in [0.2, 0.25) is 0 Å². The molecule has 1 aliphatic heterocycles. The minimum Gasteiger partial charge on any atom is -0.325 e. The van der Waals surface area contributed by atoms with E-state index < -0.39 is 0 Å². The van der Waals surface area contributed by atoms with E-state index in [0.717, 1.165) is 25.3 Å². The Labute approximate surface area is 83.7 Å². The topological polar surface area (TPSA) is 68.8 Å². The summed E-state index contributed by atoms with van der Waals surface area (Å²) in [6, 6.07) is 0. The highest BCUT2D eigenvalue weighted by molar-refractivity contribution is 4.90. The van der Waals surface area contributed by atoms with Crippen molar-refractivity contribution in [3.05, 3.63) is 11.9 Å². The Morgan fingerprint density at radius 3 is 3.21 bits per heavy atom. The van der Waals surface area contributed by atoms with Gasteiger partial charge in [-0.05, 0) is 31.8 Å². The van der Waals surface area contributed by atoms with Crippen LogP contribution < -0.4 is 11.1 Å². The van der Waals surface area contributed by atoms with E-state index in [4.69, 9.17) is 5.73 Å². The Kier molecular flexibility index (Phi) is 3.10. The van der Waals surface area contributed by atoms with E-state index in [2.05, 4.69) is 15.6 Å². The predicted molar refractivity (Wildman–Crippen MR) is 53.5 cm³/mol. The van der Waals surface area contributed by atoms with Crippen molar-refractivity contribution < 1.29 is 0 Å². The molecule has 2 heterocycles. The summed E-state index contributed by atoms with van der Waals surface area (Å²) in [5.74, 6) is 0.691. The largest absolute Gasteiger partial charge is 0.325 e. The fourth-order valence-electron chi connectivity index (χ4n) is 1.87. The molecule has 14 heavy (non-hydrogen) atoms. The van der Waals surface area contributed by atoms with Crippen molar-refractivity contribution in [3.63, 3.8) is 0 Å². The lowest BCUT2D eigenvalue weighted by atomic mass is 10.00. The molecule has 3 N–H and O–H groups in total. The van der Waals surface area contributed by atoms with Crippen molar-refractivity contribution in [3.8, 4) is 0 Å². The molecule has 1 atom stereocenters. The maximum absolute atomic E-state index is 5.47. The van der Waals surface area contributed by atoms with Crippen molar-refractivity contribution in [2.45, 2.75) is 25.9 Å². The molecule has 5 heteroatoms. The Morgan fingerprint density at radius 2 is 2.57 bits per heavy atom. The van der Waals surface area contributed by atoms with Crippen LogP contribution in [-0.4, -0.2) is 28.1 Å². The first-order valence-corrected chi connectivity index (χ1v) is 5.18. The maximum atomic E-state index is 5.47. The maximum Gasteiger partial charge on any atom is 0.0962 e. The third kappa shape index (κ3) is 2.30. The van der Waals surface area contributed by atoms with E-state index >= 15 is 0 Å². The first kappa shape index (κ1) is 9.61. The molecule has 0 amide bonds. The number of rotatable bonds is 3. The molecule has 0 aliphatic carbocycles. The van der Waals surface area contributed by atoms with E-state index in [9.17, 15) is 0 Å². The SMILES string of the molecule is NCc1cn(C[C@@H]2CCCNC2)nn1. The van der Waals surface area contributed by atoms with E-state index in [1.54, 1.807) is 0 Å². The van der Waals surface area contributed by atoms with Crippen LogP contribution in [0.15, 0.2) is 6.20 Å². The summed E-state index contributed by atoms with van der Waals surface area (Å²) in [6.07, 6.45) is 4.49. The average Bonchev–Trinajstić information content (AvgIpc) is 2.67. The second-order valence-electron chi connectivity index (χ2n) is 3.85. The van der Waals surface area contributed by atoms with Gasteiger partial charge in [0.1, 0.15) is 0 Å². The Hall–Kier alpha value is -0.940. The molecule has 1 saturated heterocycles. The van der Waals surface area contributed by atoms with Crippen molar-refractivity contribution >= 4 is 0 Å². The third-order valence-electron chi connectivity index (χ3n) is 2.64. The average molecular weight is 195 g/mol. The van der Waals surface area contributed by atoms with Crippen molar-refractivity contribution in [1.82, 2.24) is 20.3 Å². The van der Waals surface area contributed by atoms with Gasteiger partial charge >= 0.3 is 0 Å². The van der Waals surface area contributed by atoms with Crippen molar-refractivity contribution in [1.29, 1.82) is 0 Å². The molecule has 0 unspecified atom stereocenters. The summed E-state index contributed by atoms with van der Waals surface area (Å²) in [6.45, 7) is 3.68. The van der Waals surface area contributed by atoms with Crippen LogP contribution in [-0.2, 0) is 13.1 Å². The zero-order valence-corrected chi connectivity index (χ0v) is 8.32. The fraction of sp³-hybridized carbons (Fsp3) is 0.778. The van der Waals surface area contributed by atoms with Gasteiger partial charge in [0.05, 0.1) is 5.69 Å². The Bertz CT molecular complexity index is 276. The third-order valence-corrected chi connectivity index (χ3v) is 2.64. The van der Waals surface area contributed by atoms with Crippen LogP contribution in [0.3, 0.4) is 0 Å². The molecule has 0 spiro atoms. The Balaban J connectivity index is 1.89. The smallest absolute Gasteiger partial charge is 0.0962 e. The zero-order chi connectivity index (χ0) is 9.80. The first-order valence-electron chi connectivity index (χ1n) is 5.18. The number of nitrogens with one attached hydrogen (secondary N) is 1. The summed E-state index contributed by atoms with van der Waals surface area (Å²) in [7, 11) is 0. The zero-order valence-electron chi connectivity index (χ0n) is 8.32. The molecule has 0 aromatic carbocycles. The lowest BCUT2D eigenvalue weighted by molar-refractivity contribution is 0.322. The van der Waals surface area contributed by atoms with Crippen LogP contribution in [0, 0.1) is 5.92 Å². The van der Waals surface area contributed by atoms with Gasteiger partial charge in [-0.2, -0.15) is 0 Å². The van der Waals surface area contributed by atoms with Gasteiger partial charge in [-0.3, -0.25) is 4.68 Å². The standard InChI is InChI=1S/C9H17N5/c10-4-9-7-14(13-12-9)6-8-2-1-3-11-5-8/h7-8,11H,1-6,10H2/t8-/m1/s1. The minimum atomic E-state index is 0.475. The summed E-state index contributed by atoms with van der Waals surface area (Å²) >= 11 is 0. The van der Waals surface area contributed by atoms with Gasteiger partial charge in [0.25, 0.3) is 0 Å². The molecule has 1 aromatic heterocycles. The lowest BCUT2D eigenvalue weighted by Gasteiger charge is -2.22. The molecule has 78 valence electrons. The van der Waals surface area contributed by atoms with Crippen LogP contribution >= 0.6 is 0 Å². The summed E-state index contributed by atoms with van der Waals surface area (Å²) < 4.78 is 1.90. The van der Waals surface area contributed by atoms with Crippen LogP contribution in [0.5, 0.6) is 0 Å². The van der Waals surface area contributed by atoms with E-state index in [0.29, 0.717) is 12.5 Å². The number of nitrogens with two attached hydrogens (primary N) is 1. The molecule has 2 rings (SSSR count). The number of piperidine rings is 1. The number of nitrogens with zero attached hydrogens (tertiary/aromatic N) is 3. The van der Waals surface area contributed by atoms with Gasteiger partial charge in [0.15, 0.2) is 0 Å². The monoisotopic (exact) mass is 195 g/mol. The minimum absolute atomic E-state index is 0.475. The van der Waals surface area contributed by atoms with Crippen LogP contribution in [0.1, 0.15) is 18.5 Å². The fourth-order valence-corrected chi connectivity index (χ4v) is 1.87. The van der Waals surface area contributed by atoms with Crippen LogP contribution in [0.25, 0.3) is 0 Å². The van der Waals surface area contributed by atoms with E-state index in [1.807, 2.05) is 10.9 Å². The summed E-state index contributed by atoms with van der Waals surface area (Å²) in [5, 5.41) is 11.4. The van der Waals surface area contributed by atoms with Gasteiger partial charge in [-0.25, -0.2) is 0 Å². The highest BCUT2D eigenvalue weighted by Crippen LogP contribution is 2.11. The molecule has 0 radical (unpaired) electrons. The Morgan fingerprint density at radius 1 is 1.64 bits per heavy atom. The van der Waals surface area contributed by atoms with Gasteiger partial charge in [-0.1, -0.05) is 5.21 Å². The molecular weight excluding hydrogens is 178 g/mol. The summed E-state index contributed by atoms with van der Waals surface area (Å²) in [4.78, 5) is 0. The van der Waals surface area contributed by atoms with E-state index in [-0.39, 0.29) is 0 Å². The quantitative estimate of drug-likeness (QED) is 0.697. The number of aromatic nitrogens is 3. The van der Waals surface area contributed by atoms with Gasteiger partial charge in [0, 0.05) is 19.3 Å². The highest BCUT2D eigenvalue weighted by Gasteiger charge is 2.13.